The van der Waals surface area contributed by atoms with Crippen LogP contribution in [0.15, 0.2) is 54.6 Å². The lowest BCUT2D eigenvalue weighted by atomic mass is 10.2. The third-order valence-electron chi connectivity index (χ3n) is 3.46. The van der Waals surface area contributed by atoms with Gasteiger partial charge in [-0.1, -0.05) is 36.4 Å². The summed E-state index contributed by atoms with van der Waals surface area (Å²) in [7, 11) is 0. The second kappa shape index (κ2) is 7.70. The molecule has 0 aliphatic rings. The highest BCUT2D eigenvalue weighted by atomic mass is 16.5. The van der Waals surface area contributed by atoms with Gasteiger partial charge in [-0.3, -0.25) is 4.90 Å². The summed E-state index contributed by atoms with van der Waals surface area (Å²) in [4.78, 5) is 2.40. The number of hydrogen-bond donors (Lipinski definition) is 1. The van der Waals surface area contributed by atoms with Crippen LogP contribution in [0.25, 0.3) is 0 Å². The van der Waals surface area contributed by atoms with E-state index in [0.717, 1.165) is 24.5 Å². The molecule has 2 aromatic rings. The third kappa shape index (κ3) is 5.12. The summed E-state index contributed by atoms with van der Waals surface area (Å²) >= 11 is 0. The predicted molar refractivity (Wildman–Crippen MR) is 88.3 cm³/mol. The van der Waals surface area contributed by atoms with Gasteiger partial charge in [-0.25, -0.2) is 0 Å². The summed E-state index contributed by atoms with van der Waals surface area (Å²) in [5, 5.41) is 0. The number of rotatable bonds is 7. The molecule has 2 rings (SSSR count). The molecule has 0 heterocycles. The first-order valence-electron chi connectivity index (χ1n) is 7.41. The average molecular weight is 284 g/mol. The van der Waals surface area contributed by atoms with Crippen LogP contribution in [0, 0.1) is 0 Å². The number of nitrogens with two attached hydrogens (primary N) is 1. The highest BCUT2D eigenvalue weighted by molar-refractivity contribution is 5.43. The Balaban J connectivity index is 1.86. The van der Waals surface area contributed by atoms with Crippen LogP contribution < -0.4 is 10.5 Å². The molecule has 0 atom stereocenters. The largest absolute Gasteiger partial charge is 0.492 e. The van der Waals surface area contributed by atoms with Gasteiger partial charge in [0, 0.05) is 30.9 Å². The van der Waals surface area contributed by atoms with E-state index in [1.807, 2.05) is 30.3 Å². The molecule has 0 amide bonds. The Labute approximate surface area is 127 Å². The number of benzene rings is 2. The number of hydrogen-bond acceptors (Lipinski definition) is 3. The van der Waals surface area contributed by atoms with E-state index < -0.39 is 0 Å². The predicted octanol–water partition coefficient (Wildman–Crippen LogP) is 3.56. The highest BCUT2D eigenvalue weighted by Gasteiger charge is 2.10. The molecular weight excluding hydrogens is 260 g/mol. The summed E-state index contributed by atoms with van der Waals surface area (Å²) < 4.78 is 5.78. The molecule has 2 N–H and O–H groups in total. The quantitative estimate of drug-likeness (QED) is 0.790. The van der Waals surface area contributed by atoms with Gasteiger partial charge in [-0.05, 0) is 31.5 Å². The molecule has 0 saturated heterocycles. The molecule has 0 aliphatic heterocycles. The Morgan fingerprint density at radius 3 is 2.48 bits per heavy atom. The summed E-state index contributed by atoms with van der Waals surface area (Å²) in [6, 6.07) is 18.6. The van der Waals surface area contributed by atoms with Gasteiger partial charge < -0.3 is 10.5 Å². The van der Waals surface area contributed by atoms with Crippen LogP contribution in [0.4, 0.5) is 5.69 Å². The first-order valence-corrected chi connectivity index (χ1v) is 7.41. The number of anilines is 1. The second-order valence-electron chi connectivity index (χ2n) is 5.47. The van der Waals surface area contributed by atoms with Crippen molar-refractivity contribution < 1.29 is 4.74 Å². The van der Waals surface area contributed by atoms with Crippen molar-refractivity contribution in [1.82, 2.24) is 4.90 Å². The Morgan fingerprint density at radius 2 is 1.81 bits per heavy atom. The molecule has 3 heteroatoms. The van der Waals surface area contributed by atoms with E-state index in [9.17, 15) is 0 Å². The summed E-state index contributed by atoms with van der Waals surface area (Å²) in [6.45, 7) is 6.92. The monoisotopic (exact) mass is 284 g/mol. The molecule has 0 bridgehead atoms. The highest BCUT2D eigenvalue weighted by Crippen LogP contribution is 2.15. The first kappa shape index (κ1) is 15.4. The minimum Gasteiger partial charge on any atom is -0.492 e. The fraction of sp³-hybridized carbons (Fsp3) is 0.333. The summed E-state index contributed by atoms with van der Waals surface area (Å²) in [5.74, 6) is 0.832. The van der Waals surface area contributed by atoms with Gasteiger partial charge in [-0.15, -0.1) is 0 Å². The Kier molecular flexibility index (Phi) is 5.64. The molecular formula is C18H24N2O. The lowest BCUT2D eigenvalue weighted by molar-refractivity contribution is 0.169. The average Bonchev–Trinajstić information content (AvgIpc) is 2.47. The van der Waals surface area contributed by atoms with E-state index in [1.54, 1.807) is 0 Å². The Morgan fingerprint density at radius 1 is 1.05 bits per heavy atom. The van der Waals surface area contributed by atoms with Crippen LogP contribution in [0.5, 0.6) is 5.75 Å². The molecule has 0 fully saturated rings. The third-order valence-corrected chi connectivity index (χ3v) is 3.46. The van der Waals surface area contributed by atoms with Crippen LogP contribution in [0.2, 0.25) is 0 Å². The van der Waals surface area contributed by atoms with Crippen molar-refractivity contribution in [2.45, 2.75) is 26.4 Å². The van der Waals surface area contributed by atoms with Gasteiger partial charge in [0.25, 0.3) is 0 Å². The van der Waals surface area contributed by atoms with Crippen molar-refractivity contribution in [3.8, 4) is 5.75 Å². The lowest BCUT2D eigenvalue weighted by Gasteiger charge is -2.26. The van der Waals surface area contributed by atoms with Crippen molar-refractivity contribution in [3.05, 3.63) is 60.2 Å². The zero-order valence-electron chi connectivity index (χ0n) is 12.8. The van der Waals surface area contributed by atoms with E-state index in [1.165, 1.54) is 5.56 Å². The summed E-state index contributed by atoms with van der Waals surface area (Å²) in [5.41, 5.74) is 7.81. The van der Waals surface area contributed by atoms with Gasteiger partial charge in [0.15, 0.2) is 0 Å². The molecule has 0 aromatic heterocycles. The number of ether oxygens (including phenoxy) is 1. The molecule has 0 saturated carbocycles. The maximum atomic E-state index is 5.78. The minimum atomic E-state index is 0.481. The van der Waals surface area contributed by atoms with E-state index in [-0.39, 0.29) is 0 Å². The van der Waals surface area contributed by atoms with Gasteiger partial charge >= 0.3 is 0 Å². The molecule has 2 aromatic carbocycles. The van der Waals surface area contributed by atoms with Gasteiger partial charge in [-0.2, -0.15) is 0 Å². The standard InChI is InChI=1S/C18H24N2O/c1-15(2)20(14-16-7-4-3-5-8-16)11-12-21-18-10-6-9-17(19)13-18/h3-10,13,15H,11-12,14,19H2,1-2H3. The first-order chi connectivity index (χ1) is 10.1. The van der Waals surface area contributed by atoms with E-state index in [4.69, 9.17) is 10.5 Å². The van der Waals surface area contributed by atoms with Crippen molar-refractivity contribution in [2.24, 2.45) is 0 Å². The van der Waals surface area contributed by atoms with Crippen molar-refractivity contribution in [3.63, 3.8) is 0 Å². The topological polar surface area (TPSA) is 38.5 Å². The zero-order valence-corrected chi connectivity index (χ0v) is 12.8. The normalized spacial score (nSPS) is 11.0. The van der Waals surface area contributed by atoms with E-state index in [0.29, 0.717) is 12.6 Å². The van der Waals surface area contributed by atoms with Gasteiger partial charge in [0.1, 0.15) is 12.4 Å². The molecule has 3 nitrogen and oxygen atoms in total. The molecule has 0 aliphatic carbocycles. The SMILES string of the molecule is CC(C)N(CCOc1cccc(N)c1)Cc1ccccc1. The smallest absolute Gasteiger partial charge is 0.121 e. The second-order valence-corrected chi connectivity index (χ2v) is 5.47. The molecule has 0 spiro atoms. The van der Waals surface area contributed by atoms with Crippen molar-refractivity contribution in [2.75, 3.05) is 18.9 Å². The molecule has 0 unspecified atom stereocenters. The summed E-state index contributed by atoms with van der Waals surface area (Å²) in [6.07, 6.45) is 0. The Hall–Kier alpha value is -2.00. The number of nitrogen functional groups attached to an aromatic ring is 1. The fourth-order valence-corrected chi connectivity index (χ4v) is 2.22. The van der Waals surface area contributed by atoms with Crippen LogP contribution in [-0.2, 0) is 6.54 Å². The van der Waals surface area contributed by atoms with E-state index >= 15 is 0 Å². The minimum absolute atomic E-state index is 0.481. The number of nitrogens with zero attached hydrogens (tertiary/aromatic N) is 1. The van der Waals surface area contributed by atoms with Crippen molar-refractivity contribution in [1.29, 1.82) is 0 Å². The lowest BCUT2D eigenvalue weighted by Crippen LogP contribution is -2.34. The van der Waals surface area contributed by atoms with Crippen LogP contribution in [-0.4, -0.2) is 24.1 Å². The van der Waals surface area contributed by atoms with Crippen molar-refractivity contribution >= 4 is 5.69 Å². The Bertz CT molecular complexity index is 540. The van der Waals surface area contributed by atoms with Gasteiger partial charge in [0.05, 0.1) is 0 Å². The van der Waals surface area contributed by atoms with Crippen LogP contribution in [0.1, 0.15) is 19.4 Å². The van der Waals surface area contributed by atoms with Crippen LogP contribution >= 0.6 is 0 Å². The molecule has 112 valence electrons. The maximum Gasteiger partial charge on any atom is 0.121 e. The van der Waals surface area contributed by atoms with Gasteiger partial charge in [0.2, 0.25) is 0 Å². The molecule has 21 heavy (non-hydrogen) atoms. The maximum absolute atomic E-state index is 5.78. The zero-order chi connectivity index (χ0) is 15.1. The van der Waals surface area contributed by atoms with E-state index in [2.05, 4.69) is 43.0 Å². The fourth-order valence-electron chi connectivity index (χ4n) is 2.22. The van der Waals surface area contributed by atoms with Crippen LogP contribution in [0.3, 0.4) is 0 Å². The molecule has 0 radical (unpaired) electrons.